The van der Waals surface area contributed by atoms with Gasteiger partial charge in [-0.05, 0) is 31.0 Å². The smallest absolute Gasteiger partial charge is 0.434 e. The van der Waals surface area contributed by atoms with E-state index in [1.165, 1.54) is 0 Å². The van der Waals surface area contributed by atoms with Crippen LogP contribution in [0.2, 0.25) is 10.0 Å². The zero-order valence-electron chi connectivity index (χ0n) is 12.6. The van der Waals surface area contributed by atoms with Crippen LogP contribution < -0.4 is 10.5 Å². The van der Waals surface area contributed by atoms with Crippen LogP contribution in [0.1, 0.15) is 24.7 Å². The first-order valence-corrected chi connectivity index (χ1v) is 8.19. The van der Waals surface area contributed by atoms with Crippen molar-refractivity contribution in [3.05, 3.63) is 44.7 Å². The Kier molecular flexibility index (Phi) is 5.11. The van der Waals surface area contributed by atoms with Gasteiger partial charge in [-0.25, -0.2) is 9.89 Å². The van der Waals surface area contributed by atoms with Gasteiger partial charge in [-0.15, -0.1) is 5.10 Å². The summed E-state index contributed by atoms with van der Waals surface area (Å²) in [6.45, 7) is 1.01. The Morgan fingerprint density at radius 1 is 1.38 bits per heavy atom. The van der Waals surface area contributed by atoms with E-state index in [-0.39, 0.29) is 18.4 Å². The first kappa shape index (κ1) is 16.9. The number of hydrogen-bond acceptors (Lipinski definition) is 5. The molecule has 9 heteroatoms. The number of H-pyrrole nitrogens is 1. The molecule has 2 heterocycles. The Labute approximate surface area is 147 Å². The number of carbonyl (C=O) groups is 1. The second-order valence-electron chi connectivity index (χ2n) is 5.47. The largest absolute Gasteiger partial charge is 0.482 e. The van der Waals surface area contributed by atoms with Crippen LogP contribution in [0.4, 0.5) is 0 Å². The summed E-state index contributed by atoms with van der Waals surface area (Å²) in [7, 11) is 0. The lowest BCUT2D eigenvalue weighted by Crippen LogP contribution is -2.40. The average molecular weight is 372 g/mol. The van der Waals surface area contributed by atoms with Gasteiger partial charge in [-0.1, -0.05) is 23.2 Å². The minimum absolute atomic E-state index is 0.0413. The third-order valence-electron chi connectivity index (χ3n) is 3.90. The van der Waals surface area contributed by atoms with Crippen LogP contribution in [-0.2, 0) is 4.79 Å². The molecule has 0 bridgehead atoms. The molecule has 1 aromatic heterocycles. The molecule has 1 N–H and O–H groups in total. The van der Waals surface area contributed by atoms with Crippen LogP contribution in [0.5, 0.6) is 5.75 Å². The van der Waals surface area contributed by atoms with Crippen LogP contribution in [0.15, 0.2) is 27.4 Å². The van der Waals surface area contributed by atoms with Crippen LogP contribution in [0, 0.1) is 0 Å². The SMILES string of the molecule is O=C(COc1ccc(Cl)cc1Cl)N1CCC(c2n[nH]c(=O)o2)CC1. The molecule has 3 rings (SSSR count). The molecule has 1 saturated heterocycles. The summed E-state index contributed by atoms with van der Waals surface area (Å²) in [6.07, 6.45) is 1.36. The molecule has 0 atom stereocenters. The number of carbonyl (C=O) groups excluding carboxylic acids is 1. The molecule has 1 aromatic carbocycles. The fourth-order valence-corrected chi connectivity index (χ4v) is 3.08. The zero-order valence-corrected chi connectivity index (χ0v) is 14.1. The minimum atomic E-state index is -0.559. The van der Waals surface area contributed by atoms with Crippen molar-refractivity contribution in [2.75, 3.05) is 19.7 Å². The molecular weight excluding hydrogens is 357 g/mol. The Bertz CT molecular complexity index is 781. The summed E-state index contributed by atoms with van der Waals surface area (Å²) < 4.78 is 10.4. The maximum Gasteiger partial charge on any atom is 0.434 e. The first-order valence-electron chi connectivity index (χ1n) is 7.44. The molecule has 1 fully saturated rings. The minimum Gasteiger partial charge on any atom is -0.482 e. The number of benzene rings is 1. The number of hydrogen-bond donors (Lipinski definition) is 1. The highest BCUT2D eigenvalue weighted by Gasteiger charge is 2.27. The van der Waals surface area contributed by atoms with Gasteiger partial charge in [-0.2, -0.15) is 0 Å². The van der Waals surface area contributed by atoms with Crippen molar-refractivity contribution in [2.45, 2.75) is 18.8 Å². The molecule has 0 saturated carbocycles. The maximum absolute atomic E-state index is 12.2. The van der Waals surface area contributed by atoms with Gasteiger partial charge in [-0.3, -0.25) is 4.79 Å². The van der Waals surface area contributed by atoms with Crippen molar-refractivity contribution >= 4 is 29.1 Å². The first-order chi connectivity index (χ1) is 11.5. The summed E-state index contributed by atoms with van der Waals surface area (Å²) in [5.41, 5.74) is 0. The number of likely N-dealkylation sites (tertiary alicyclic amines) is 1. The monoisotopic (exact) mass is 371 g/mol. The quantitative estimate of drug-likeness (QED) is 0.891. The molecule has 128 valence electrons. The van der Waals surface area contributed by atoms with E-state index in [2.05, 4.69) is 10.2 Å². The zero-order chi connectivity index (χ0) is 17.1. The molecule has 24 heavy (non-hydrogen) atoms. The highest BCUT2D eigenvalue weighted by Crippen LogP contribution is 2.28. The predicted octanol–water partition coefficient (Wildman–Crippen LogP) is 2.45. The summed E-state index contributed by atoms with van der Waals surface area (Å²) in [6, 6.07) is 4.84. The van der Waals surface area contributed by atoms with Gasteiger partial charge >= 0.3 is 5.76 Å². The van der Waals surface area contributed by atoms with Gasteiger partial charge in [0.2, 0.25) is 5.89 Å². The fraction of sp³-hybridized carbons (Fsp3) is 0.400. The average Bonchev–Trinajstić information content (AvgIpc) is 3.00. The van der Waals surface area contributed by atoms with Crippen molar-refractivity contribution in [2.24, 2.45) is 0 Å². The lowest BCUT2D eigenvalue weighted by atomic mass is 9.97. The van der Waals surface area contributed by atoms with Crippen molar-refractivity contribution in [3.63, 3.8) is 0 Å². The van der Waals surface area contributed by atoms with Crippen LogP contribution in [0.3, 0.4) is 0 Å². The lowest BCUT2D eigenvalue weighted by molar-refractivity contribution is -0.134. The Morgan fingerprint density at radius 3 is 2.75 bits per heavy atom. The highest BCUT2D eigenvalue weighted by molar-refractivity contribution is 6.35. The molecule has 2 aromatic rings. The number of ether oxygens (including phenoxy) is 1. The number of halogens is 2. The molecule has 0 radical (unpaired) electrons. The van der Waals surface area contributed by atoms with Gasteiger partial charge in [0.15, 0.2) is 6.61 Å². The van der Waals surface area contributed by atoms with E-state index in [1.54, 1.807) is 23.1 Å². The number of piperidine rings is 1. The summed E-state index contributed by atoms with van der Waals surface area (Å²) in [5.74, 6) is 0.179. The number of rotatable bonds is 4. The summed E-state index contributed by atoms with van der Waals surface area (Å²) >= 11 is 11.8. The van der Waals surface area contributed by atoms with Gasteiger partial charge in [0, 0.05) is 24.0 Å². The van der Waals surface area contributed by atoms with Crippen LogP contribution >= 0.6 is 23.2 Å². The van der Waals surface area contributed by atoms with Gasteiger partial charge in [0.1, 0.15) is 5.75 Å². The van der Waals surface area contributed by atoms with Crippen LogP contribution in [0.25, 0.3) is 0 Å². The molecule has 1 aliphatic rings. The Morgan fingerprint density at radius 2 is 2.12 bits per heavy atom. The molecule has 1 aliphatic heterocycles. The van der Waals surface area contributed by atoms with Crippen molar-refractivity contribution < 1.29 is 13.9 Å². The topological polar surface area (TPSA) is 88.4 Å². The highest BCUT2D eigenvalue weighted by atomic mass is 35.5. The van der Waals surface area contributed by atoms with Crippen LogP contribution in [-0.4, -0.2) is 40.7 Å². The lowest BCUT2D eigenvalue weighted by Gasteiger charge is -2.30. The van der Waals surface area contributed by atoms with E-state index in [0.29, 0.717) is 47.6 Å². The molecule has 0 aliphatic carbocycles. The number of amides is 1. The number of nitrogens with one attached hydrogen (secondary N) is 1. The van der Waals surface area contributed by atoms with E-state index >= 15 is 0 Å². The number of nitrogens with zero attached hydrogens (tertiary/aromatic N) is 2. The van der Waals surface area contributed by atoms with Crippen molar-refractivity contribution in [3.8, 4) is 5.75 Å². The second-order valence-corrected chi connectivity index (χ2v) is 6.31. The predicted molar refractivity (Wildman–Crippen MR) is 87.6 cm³/mol. The van der Waals surface area contributed by atoms with E-state index < -0.39 is 5.76 Å². The van der Waals surface area contributed by atoms with Crippen molar-refractivity contribution in [1.29, 1.82) is 0 Å². The number of aromatic amines is 1. The third kappa shape index (κ3) is 3.91. The Hall–Kier alpha value is -1.99. The fourth-order valence-electron chi connectivity index (χ4n) is 2.61. The van der Waals surface area contributed by atoms with Gasteiger partial charge < -0.3 is 14.1 Å². The summed E-state index contributed by atoms with van der Waals surface area (Å²) in [4.78, 5) is 24.9. The summed E-state index contributed by atoms with van der Waals surface area (Å²) in [5, 5.41) is 6.97. The molecule has 7 nitrogen and oxygen atoms in total. The molecule has 0 unspecified atom stereocenters. The molecule has 0 spiro atoms. The normalized spacial score (nSPS) is 15.5. The van der Waals surface area contributed by atoms with E-state index in [0.717, 1.165) is 0 Å². The Balaban J connectivity index is 1.51. The van der Waals surface area contributed by atoms with E-state index in [4.69, 9.17) is 32.4 Å². The van der Waals surface area contributed by atoms with Gasteiger partial charge in [0.25, 0.3) is 5.91 Å². The van der Waals surface area contributed by atoms with Gasteiger partial charge in [0.05, 0.1) is 5.02 Å². The third-order valence-corrected chi connectivity index (χ3v) is 4.43. The molecule has 1 amide bonds. The van der Waals surface area contributed by atoms with E-state index in [9.17, 15) is 9.59 Å². The van der Waals surface area contributed by atoms with Crippen molar-refractivity contribution in [1.82, 2.24) is 15.1 Å². The maximum atomic E-state index is 12.2. The standard InChI is InChI=1S/C15H15Cl2N3O4/c16-10-1-2-12(11(17)7-10)23-8-13(21)20-5-3-9(4-6-20)14-18-19-15(22)24-14/h1-2,7,9H,3-6,8H2,(H,19,22). The molecular formula is C15H15Cl2N3O4. The van der Waals surface area contributed by atoms with E-state index in [1.807, 2.05) is 0 Å². The second kappa shape index (κ2) is 7.27. The number of aromatic nitrogens is 2.